The predicted molar refractivity (Wildman–Crippen MR) is 74.0 cm³/mol. The number of hydrogen-bond donors (Lipinski definition) is 0. The standard InChI is InChI=1S/C15H21N3O/c1-10(2)17-8-12-7-13(9-17)18(12)15(19)14-6-11(3)4-5-16-14/h4-6,10,12-13H,7-9H2,1-3H3. The predicted octanol–water partition coefficient (Wildman–Crippen LogP) is 1.70. The van der Waals surface area contributed by atoms with E-state index in [0.717, 1.165) is 25.1 Å². The summed E-state index contributed by atoms with van der Waals surface area (Å²) in [5.74, 6) is 0.105. The molecule has 3 rings (SSSR count). The molecule has 19 heavy (non-hydrogen) atoms. The number of aromatic nitrogens is 1. The molecule has 4 heteroatoms. The van der Waals surface area contributed by atoms with Gasteiger partial charge in [0.25, 0.3) is 5.91 Å². The Hall–Kier alpha value is -1.42. The van der Waals surface area contributed by atoms with Crippen LogP contribution in [0.3, 0.4) is 0 Å². The molecule has 3 heterocycles. The first-order valence-corrected chi connectivity index (χ1v) is 7.05. The van der Waals surface area contributed by atoms with Crippen LogP contribution in [0.25, 0.3) is 0 Å². The molecule has 2 unspecified atom stereocenters. The molecule has 2 aliphatic heterocycles. The van der Waals surface area contributed by atoms with E-state index in [2.05, 4.69) is 23.7 Å². The number of piperazine rings is 1. The number of amides is 1. The van der Waals surface area contributed by atoms with Crippen molar-refractivity contribution in [3.8, 4) is 0 Å². The number of hydrogen-bond acceptors (Lipinski definition) is 3. The number of rotatable bonds is 2. The van der Waals surface area contributed by atoms with Crippen molar-refractivity contribution in [1.82, 2.24) is 14.8 Å². The van der Waals surface area contributed by atoms with Gasteiger partial charge < -0.3 is 4.90 Å². The van der Waals surface area contributed by atoms with Gasteiger partial charge in [-0.15, -0.1) is 0 Å². The largest absolute Gasteiger partial charge is 0.329 e. The second-order valence-corrected chi connectivity index (χ2v) is 6.02. The highest BCUT2D eigenvalue weighted by Gasteiger charge is 2.47. The van der Waals surface area contributed by atoms with E-state index in [-0.39, 0.29) is 5.91 Å². The third kappa shape index (κ3) is 2.14. The van der Waals surface area contributed by atoms with Gasteiger partial charge in [-0.3, -0.25) is 14.7 Å². The van der Waals surface area contributed by atoms with E-state index in [4.69, 9.17) is 0 Å². The van der Waals surface area contributed by atoms with Crippen molar-refractivity contribution in [3.05, 3.63) is 29.6 Å². The van der Waals surface area contributed by atoms with Crippen LogP contribution in [0.15, 0.2) is 18.3 Å². The van der Waals surface area contributed by atoms with Crippen molar-refractivity contribution in [1.29, 1.82) is 0 Å². The van der Waals surface area contributed by atoms with Crippen LogP contribution < -0.4 is 0 Å². The van der Waals surface area contributed by atoms with Crippen LogP contribution in [0.2, 0.25) is 0 Å². The van der Waals surface area contributed by atoms with Gasteiger partial charge in [-0.05, 0) is 44.9 Å². The molecule has 0 spiro atoms. The lowest BCUT2D eigenvalue weighted by Crippen LogP contribution is -2.70. The molecule has 1 aromatic rings. The van der Waals surface area contributed by atoms with Crippen LogP contribution in [-0.2, 0) is 0 Å². The molecule has 2 bridgehead atoms. The molecular weight excluding hydrogens is 238 g/mol. The number of carbonyl (C=O) groups is 1. The Bertz CT molecular complexity index is 488. The quantitative estimate of drug-likeness (QED) is 0.811. The first-order valence-electron chi connectivity index (χ1n) is 7.05. The van der Waals surface area contributed by atoms with E-state index in [1.165, 1.54) is 0 Å². The van der Waals surface area contributed by atoms with E-state index >= 15 is 0 Å². The summed E-state index contributed by atoms with van der Waals surface area (Å²) < 4.78 is 0. The fourth-order valence-corrected chi connectivity index (χ4v) is 3.18. The number of pyridine rings is 1. The van der Waals surface area contributed by atoms with E-state index < -0.39 is 0 Å². The third-order valence-corrected chi connectivity index (χ3v) is 4.32. The highest BCUT2D eigenvalue weighted by atomic mass is 16.2. The van der Waals surface area contributed by atoms with Gasteiger partial charge in [-0.2, -0.15) is 0 Å². The van der Waals surface area contributed by atoms with Crippen molar-refractivity contribution in [2.45, 2.75) is 45.3 Å². The Balaban J connectivity index is 1.74. The van der Waals surface area contributed by atoms with Crippen LogP contribution in [0.4, 0.5) is 0 Å². The lowest BCUT2D eigenvalue weighted by Gasteiger charge is -2.57. The van der Waals surface area contributed by atoms with Crippen molar-refractivity contribution in [2.75, 3.05) is 13.1 Å². The zero-order valence-corrected chi connectivity index (χ0v) is 11.8. The fraction of sp³-hybridized carbons (Fsp3) is 0.600. The smallest absolute Gasteiger partial charge is 0.273 e. The highest BCUT2D eigenvalue weighted by molar-refractivity contribution is 5.93. The lowest BCUT2D eigenvalue weighted by molar-refractivity contribution is -0.0566. The minimum atomic E-state index is 0.105. The number of piperidine rings is 1. The first-order chi connectivity index (χ1) is 9.06. The molecule has 0 N–H and O–H groups in total. The van der Waals surface area contributed by atoms with Crippen LogP contribution in [0.5, 0.6) is 0 Å². The molecule has 2 saturated heterocycles. The average Bonchev–Trinajstić information content (AvgIpc) is 2.38. The molecule has 1 aromatic heterocycles. The number of aryl methyl sites for hydroxylation is 1. The van der Waals surface area contributed by atoms with Crippen LogP contribution >= 0.6 is 0 Å². The van der Waals surface area contributed by atoms with Gasteiger partial charge in [0.1, 0.15) is 5.69 Å². The Morgan fingerprint density at radius 1 is 1.37 bits per heavy atom. The number of likely N-dealkylation sites (tertiary alicyclic amines) is 2. The van der Waals surface area contributed by atoms with Crippen molar-refractivity contribution in [3.63, 3.8) is 0 Å². The molecular formula is C15H21N3O. The minimum absolute atomic E-state index is 0.105. The second kappa shape index (κ2) is 4.60. The van der Waals surface area contributed by atoms with Gasteiger partial charge in [-0.25, -0.2) is 0 Å². The molecule has 2 atom stereocenters. The van der Waals surface area contributed by atoms with E-state index in [1.807, 2.05) is 24.0 Å². The SMILES string of the molecule is Cc1ccnc(C(=O)N2C3CC2CN(C(C)C)C3)c1. The molecule has 2 fully saturated rings. The third-order valence-electron chi connectivity index (χ3n) is 4.32. The van der Waals surface area contributed by atoms with Gasteiger partial charge in [0.15, 0.2) is 0 Å². The van der Waals surface area contributed by atoms with Crippen LogP contribution in [0.1, 0.15) is 36.3 Å². The van der Waals surface area contributed by atoms with Crippen molar-refractivity contribution < 1.29 is 4.79 Å². The summed E-state index contributed by atoms with van der Waals surface area (Å²) >= 11 is 0. The van der Waals surface area contributed by atoms with Crippen LogP contribution in [-0.4, -0.2) is 51.9 Å². The molecule has 0 aliphatic carbocycles. The first kappa shape index (κ1) is 12.6. The summed E-state index contributed by atoms with van der Waals surface area (Å²) in [6.07, 6.45) is 2.87. The summed E-state index contributed by atoms with van der Waals surface area (Å²) in [6, 6.07) is 5.15. The Labute approximate surface area is 114 Å². The van der Waals surface area contributed by atoms with Gasteiger partial charge in [-0.1, -0.05) is 0 Å². The number of fused-ring (bicyclic) bond motifs is 2. The topological polar surface area (TPSA) is 36.4 Å². The molecule has 0 saturated carbocycles. The molecule has 0 aromatic carbocycles. The summed E-state index contributed by atoms with van der Waals surface area (Å²) in [5.41, 5.74) is 1.68. The maximum Gasteiger partial charge on any atom is 0.273 e. The monoisotopic (exact) mass is 259 g/mol. The Kier molecular flexibility index (Phi) is 3.05. The minimum Gasteiger partial charge on any atom is -0.329 e. The van der Waals surface area contributed by atoms with E-state index in [9.17, 15) is 4.79 Å². The van der Waals surface area contributed by atoms with E-state index in [0.29, 0.717) is 23.8 Å². The molecule has 4 nitrogen and oxygen atoms in total. The van der Waals surface area contributed by atoms with Crippen molar-refractivity contribution in [2.24, 2.45) is 0 Å². The maximum atomic E-state index is 12.5. The van der Waals surface area contributed by atoms with Gasteiger partial charge >= 0.3 is 0 Å². The molecule has 2 aliphatic rings. The summed E-state index contributed by atoms with van der Waals surface area (Å²) in [4.78, 5) is 21.2. The summed E-state index contributed by atoms with van der Waals surface area (Å²) in [5, 5.41) is 0. The Morgan fingerprint density at radius 3 is 2.63 bits per heavy atom. The highest BCUT2D eigenvalue weighted by Crippen LogP contribution is 2.34. The summed E-state index contributed by atoms with van der Waals surface area (Å²) in [7, 11) is 0. The average molecular weight is 259 g/mol. The fourth-order valence-electron chi connectivity index (χ4n) is 3.18. The molecule has 0 radical (unpaired) electrons. The second-order valence-electron chi connectivity index (χ2n) is 6.02. The molecule has 102 valence electrons. The zero-order valence-electron chi connectivity index (χ0n) is 11.8. The van der Waals surface area contributed by atoms with Crippen molar-refractivity contribution >= 4 is 5.91 Å². The van der Waals surface area contributed by atoms with Gasteiger partial charge in [0.05, 0.1) is 0 Å². The summed E-state index contributed by atoms with van der Waals surface area (Å²) in [6.45, 7) is 8.45. The maximum absolute atomic E-state index is 12.5. The van der Waals surface area contributed by atoms with Gasteiger partial charge in [0.2, 0.25) is 0 Å². The van der Waals surface area contributed by atoms with Gasteiger partial charge in [0, 0.05) is 37.4 Å². The number of carbonyl (C=O) groups excluding carboxylic acids is 1. The lowest BCUT2D eigenvalue weighted by atomic mass is 9.86. The Morgan fingerprint density at radius 2 is 2.05 bits per heavy atom. The normalized spacial score (nSPS) is 26.4. The van der Waals surface area contributed by atoms with E-state index in [1.54, 1.807) is 6.20 Å². The van der Waals surface area contributed by atoms with Crippen LogP contribution in [0, 0.1) is 6.92 Å². The molecule has 1 amide bonds. The zero-order chi connectivity index (χ0) is 13.6. The number of nitrogens with zero attached hydrogens (tertiary/aromatic N) is 3.